The Kier molecular flexibility index (Phi) is 3.48. The van der Waals surface area contributed by atoms with E-state index >= 15 is 0 Å². The highest BCUT2D eigenvalue weighted by Gasteiger charge is 2.63. The molecule has 0 atom stereocenters. The van der Waals surface area contributed by atoms with Crippen molar-refractivity contribution >= 4 is 17.3 Å². The molecule has 1 aliphatic carbocycles. The Bertz CT molecular complexity index is 540. The molecule has 0 aromatic carbocycles. The maximum absolute atomic E-state index is 12.8. The monoisotopic (exact) mass is 297 g/mol. The Morgan fingerprint density at radius 1 is 1.53 bits per heavy atom. The summed E-state index contributed by atoms with van der Waals surface area (Å²) in [5.41, 5.74) is -2.89. The van der Waals surface area contributed by atoms with Crippen LogP contribution in [0.3, 0.4) is 0 Å². The molecule has 2 rings (SSSR count). The maximum atomic E-state index is 12.8. The highest BCUT2D eigenvalue weighted by Crippen LogP contribution is 2.51. The molecule has 1 aliphatic rings. The maximum Gasteiger partial charge on any atom is 0.411 e. The number of rotatable bonds is 4. The van der Waals surface area contributed by atoms with Crippen LogP contribution in [0.2, 0.25) is 5.02 Å². The predicted molar refractivity (Wildman–Crippen MR) is 62.2 cm³/mol. The summed E-state index contributed by atoms with van der Waals surface area (Å²) in [5, 5.41) is 14.2. The Balaban J connectivity index is 2.28. The summed E-state index contributed by atoms with van der Waals surface area (Å²) in [4.78, 5) is 11.7. The van der Waals surface area contributed by atoms with Crippen molar-refractivity contribution in [3.63, 3.8) is 0 Å². The first kappa shape index (κ1) is 14.1. The smallest absolute Gasteiger partial charge is 0.394 e. The third kappa shape index (κ3) is 2.55. The SMILES string of the molecule is O=c1c(Cl)c(NC2(C(F)(F)F)CC2)cnn1CCO. The van der Waals surface area contributed by atoms with Crippen LogP contribution in [0, 0.1) is 0 Å². The molecule has 2 N–H and O–H groups in total. The molecule has 0 saturated heterocycles. The van der Waals surface area contributed by atoms with Gasteiger partial charge in [-0.25, -0.2) is 4.68 Å². The van der Waals surface area contributed by atoms with Crippen LogP contribution < -0.4 is 10.9 Å². The topological polar surface area (TPSA) is 67.2 Å². The second kappa shape index (κ2) is 4.68. The quantitative estimate of drug-likeness (QED) is 0.881. The molecule has 1 aromatic heterocycles. The number of aliphatic hydroxyl groups excluding tert-OH is 1. The molecule has 0 aliphatic heterocycles. The van der Waals surface area contributed by atoms with Gasteiger partial charge in [0.1, 0.15) is 10.6 Å². The van der Waals surface area contributed by atoms with Gasteiger partial charge in [0, 0.05) is 0 Å². The number of halogens is 4. The molecule has 0 unspecified atom stereocenters. The molecule has 9 heteroatoms. The van der Waals surface area contributed by atoms with Crippen molar-refractivity contribution in [3.8, 4) is 0 Å². The standard InChI is InChI=1S/C10H11ClF3N3O2/c11-7-6(5-15-17(3-4-18)8(7)19)16-9(1-2-9)10(12,13)14/h5,16,18H,1-4H2. The van der Waals surface area contributed by atoms with Crippen LogP contribution in [-0.2, 0) is 6.54 Å². The van der Waals surface area contributed by atoms with Gasteiger partial charge in [0.2, 0.25) is 0 Å². The first-order chi connectivity index (χ1) is 8.81. The number of nitrogens with zero attached hydrogens (tertiary/aromatic N) is 2. The third-order valence-corrected chi connectivity index (χ3v) is 3.33. The Hall–Kier alpha value is -1.28. The third-order valence-electron chi connectivity index (χ3n) is 2.96. The van der Waals surface area contributed by atoms with Crippen molar-refractivity contribution in [2.75, 3.05) is 11.9 Å². The average molecular weight is 298 g/mol. The molecule has 0 amide bonds. The number of hydrogen-bond acceptors (Lipinski definition) is 4. The summed E-state index contributed by atoms with van der Waals surface area (Å²) in [7, 11) is 0. The molecule has 19 heavy (non-hydrogen) atoms. The second-order valence-electron chi connectivity index (χ2n) is 4.33. The van der Waals surface area contributed by atoms with Gasteiger partial charge in [-0.3, -0.25) is 4.79 Å². The minimum absolute atomic E-state index is 0.0629. The van der Waals surface area contributed by atoms with Crippen molar-refractivity contribution in [2.24, 2.45) is 0 Å². The van der Waals surface area contributed by atoms with Crippen LogP contribution in [0.5, 0.6) is 0 Å². The summed E-state index contributed by atoms with van der Waals surface area (Å²) in [5.74, 6) is 0. The largest absolute Gasteiger partial charge is 0.411 e. The minimum atomic E-state index is -4.41. The molecular formula is C10H11ClF3N3O2. The molecule has 106 valence electrons. The van der Waals surface area contributed by atoms with E-state index in [4.69, 9.17) is 16.7 Å². The first-order valence-corrected chi connectivity index (χ1v) is 5.90. The average Bonchev–Trinajstić information content (AvgIpc) is 3.09. The fourth-order valence-corrected chi connectivity index (χ4v) is 1.86. The van der Waals surface area contributed by atoms with Crippen LogP contribution in [0.25, 0.3) is 0 Å². The Labute approximate surface area is 111 Å². The van der Waals surface area contributed by atoms with E-state index in [9.17, 15) is 18.0 Å². The van der Waals surface area contributed by atoms with Gasteiger partial charge in [0.15, 0.2) is 0 Å². The summed E-state index contributed by atoms with van der Waals surface area (Å²) in [6.07, 6.45) is -3.47. The molecule has 5 nitrogen and oxygen atoms in total. The van der Waals surface area contributed by atoms with E-state index in [2.05, 4.69) is 10.4 Å². The second-order valence-corrected chi connectivity index (χ2v) is 4.71. The van der Waals surface area contributed by atoms with Gasteiger partial charge in [-0.1, -0.05) is 11.6 Å². The van der Waals surface area contributed by atoms with E-state index in [1.807, 2.05) is 0 Å². The van der Waals surface area contributed by atoms with E-state index in [1.54, 1.807) is 0 Å². The van der Waals surface area contributed by atoms with Crippen LogP contribution in [-0.4, -0.2) is 33.2 Å². The summed E-state index contributed by atoms with van der Waals surface area (Å²) in [6, 6.07) is 0. The molecule has 0 radical (unpaired) electrons. The Morgan fingerprint density at radius 3 is 2.63 bits per heavy atom. The predicted octanol–water partition coefficient (Wildman–Crippen LogP) is 1.40. The van der Waals surface area contributed by atoms with Gasteiger partial charge in [0.05, 0.1) is 25.0 Å². The minimum Gasteiger partial charge on any atom is -0.394 e. The molecule has 1 aromatic rings. The first-order valence-electron chi connectivity index (χ1n) is 5.52. The normalized spacial score (nSPS) is 17.3. The molecule has 1 heterocycles. The van der Waals surface area contributed by atoms with E-state index in [0.717, 1.165) is 10.9 Å². The number of hydrogen-bond donors (Lipinski definition) is 2. The van der Waals surface area contributed by atoms with Crippen molar-refractivity contribution in [1.82, 2.24) is 9.78 Å². The van der Waals surface area contributed by atoms with Gasteiger partial charge < -0.3 is 10.4 Å². The van der Waals surface area contributed by atoms with E-state index in [0.29, 0.717) is 0 Å². The highest BCUT2D eigenvalue weighted by molar-refractivity contribution is 6.33. The van der Waals surface area contributed by atoms with Crippen LogP contribution in [0.4, 0.5) is 18.9 Å². The van der Waals surface area contributed by atoms with E-state index in [1.165, 1.54) is 0 Å². The fraction of sp³-hybridized carbons (Fsp3) is 0.600. The van der Waals surface area contributed by atoms with E-state index < -0.39 is 17.3 Å². The lowest BCUT2D eigenvalue weighted by molar-refractivity contribution is -0.151. The summed E-state index contributed by atoms with van der Waals surface area (Å²) >= 11 is 5.73. The van der Waals surface area contributed by atoms with Gasteiger partial charge in [-0.05, 0) is 12.8 Å². The number of anilines is 1. The fourth-order valence-electron chi connectivity index (χ4n) is 1.67. The van der Waals surface area contributed by atoms with Gasteiger partial charge in [-0.15, -0.1) is 0 Å². The van der Waals surface area contributed by atoms with Crippen molar-refractivity contribution in [2.45, 2.75) is 31.1 Å². The zero-order chi connectivity index (χ0) is 14.3. The molecular weight excluding hydrogens is 287 g/mol. The molecule has 1 fully saturated rings. The number of nitrogens with one attached hydrogen (secondary N) is 1. The number of aromatic nitrogens is 2. The molecule has 0 bridgehead atoms. The molecule has 0 spiro atoms. The van der Waals surface area contributed by atoms with Crippen molar-refractivity contribution in [1.29, 1.82) is 0 Å². The van der Waals surface area contributed by atoms with Gasteiger partial charge >= 0.3 is 6.18 Å². The lowest BCUT2D eigenvalue weighted by Gasteiger charge is -2.22. The zero-order valence-electron chi connectivity index (χ0n) is 9.67. The van der Waals surface area contributed by atoms with Crippen LogP contribution in [0.15, 0.2) is 11.0 Å². The van der Waals surface area contributed by atoms with Gasteiger partial charge in [0.25, 0.3) is 5.56 Å². The van der Waals surface area contributed by atoms with Gasteiger partial charge in [-0.2, -0.15) is 18.3 Å². The summed E-state index contributed by atoms with van der Waals surface area (Å²) in [6.45, 7) is -0.383. The van der Waals surface area contributed by atoms with Crippen molar-refractivity contribution < 1.29 is 18.3 Å². The van der Waals surface area contributed by atoms with Crippen molar-refractivity contribution in [3.05, 3.63) is 21.6 Å². The lowest BCUT2D eigenvalue weighted by atomic mass is 10.2. The molecule has 1 saturated carbocycles. The van der Waals surface area contributed by atoms with E-state index in [-0.39, 0.29) is 36.7 Å². The van der Waals surface area contributed by atoms with Crippen LogP contribution in [0.1, 0.15) is 12.8 Å². The number of alkyl halides is 3. The summed E-state index contributed by atoms with van der Waals surface area (Å²) < 4.78 is 39.2. The number of aliphatic hydroxyl groups is 1. The zero-order valence-corrected chi connectivity index (χ0v) is 10.4. The Morgan fingerprint density at radius 2 is 2.16 bits per heavy atom. The lowest BCUT2D eigenvalue weighted by Crippen LogP contribution is -2.39. The van der Waals surface area contributed by atoms with Crippen LogP contribution >= 0.6 is 11.6 Å². The highest BCUT2D eigenvalue weighted by atomic mass is 35.5.